The fourth-order valence-corrected chi connectivity index (χ4v) is 8.48. The lowest BCUT2D eigenvalue weighted by Gasteiger charge is -2.40. The van der Waals surface area contributed by atoms with E-state index in [-0.39, 0.29) is 190 Å². The molecule has 3 aliphatic rings. The normalized spacial score (nSPS) is 23.2. The van der Waals surface area contributed by atoms with Crippen molar-refractivity contribution in [3.8, 4) is 0 Å². The van der Waals surface area contributed by atoms with Gasteiger partial charge in [0, 0.05) is 57.7 Å². The van der Waals surface area contributed by atoms with Crippen molar-refractivity contribution in [2.24, 2.45) is 5.92 Å². The molecule has 2 saturated heterocycles. The van der Waals surface area contributed by atoms with Crippen LogP contribution < -0.4 is 21.3 Å². The molecular formula is C50H89N5O34P2. The molecule has 10 unspecified atom stereocenters. The van der Waals surface area contributed by atoms with Gasteiger partial charge in [-0.3, -0.25) is 42.7 Å². The molecule has 14 N–H and O–H groups in total. The largest absolute Gasteiger partial charge is 0.469 e. The molecule has 2 fully saturated rings. The summed E-state index contributed by atoms with van der Waals surface area (Å²) in [6.07, 6.45) is -14.3. The number of rotatable bonds is 54. The number of nitrogens with zero attached hydrogens (tertiary/aromatic N) is 1. The topological polar surface area (TPSA) is 538 Å². The standard InChI is InChI=1S/C50H89N5O34P2/c56-37(3-8-55-39(58)1-2-40(55)59)51-4-9-74-13-17-78-21-22-79-18-14-75-10-5-52-38(57)31-34(47(66)53-6-11-76-15-19-80-23-25-82-27-29-84-49-45(64)43(62)41(60)35(88-49)32-86-90(68,69)70)48(67)54-7-12-77-16-20-81-24-26-83-28-30-85-50-46(65)44(63)42(61)36(89-50)33-87-91(71,72)73/h1-2,34-36,41-46,49-50,60-65H,3-33H2,(H,51,56)(H,52,57)(H,53,66)(H,54,67)(H2,68,69,70)(H2,71,72,73). The van der Waals surface area contributed by atoms with E-state index >= 15 is 0 Å². The lowest BCUT2D eigenvalue weighted by molar-refractivity contribution is -0.301. The highest BCUT2D eigenvalue weighted by Crippen LogP contribution is 2.38. The van der Waals surface area contributed by atoms with E-state index in [0.717, 1.165) is 17.1 Å². The summed E-state index contributed by atoms with van der Waals surface area (Å²) in [6.45, 7) is 1.16. The monoisotopic (exact) mass is 1370 g/mol. The Labute approximate surface area is 523 Å². The highest BCUT2D eigenvalue weighted by atomic mass is 31.2. The number of phosphoric ester groups is 2. The van der Waals surface area contributed by atoms with E-state index in [2.05, 4.69) is 30.3 Å². The van der Waals surface area contributed by atoms with Crippen LogP contribution in [0.2, 0.25) is 0 Å². The summed E-state index contributed by atoms with van der Waals surface area (Å²) in [5.41, 5.74) is 0. The number of imide groups is 1. The van der Waals surface area contributed by atoms with Gasteiger partial charge in [0.1, 0.15) is 54.7 Å². The second-order valence-corrected chi connectivity index (χ2v) is 21.9. The molecule has 3 rings (SSSR count). The molecule has 91 heavy (non-hydrogen) atoms. The van der Waals surface area contributed by atoms with Crippen molar-refractivity contribution < 1.29 is 163 Å². The smallest absolute Gasteiger partial charge is 0.387 e. The molecule has 0 radical (unpaired) electrons. The summed E-state index contributed by atoms with van der Waals surface area (Å²) >= 11 is 0. The Morgan fingerprint density at radius 3 is 1.05 bits per heavy atom. The zero-order chi connectivity index (χ0) is 66.9. The fraction of sp³-hybridized carbons (Fsp3) is 0.840. The van der Waals surface area contributed by atoms with E-state index in [4.69, 9.17) is 85.9 Å². The second kappa shape index (κ2) is 47.1. The molecule has 0 saturated carbocycles. The van der Waals surface area contributed by atoms with E-state index < -0.39 is 132 Å². The molecule has 0 aromatic rings. The molecule has 0 aromatic heterocycles. The minimum atomic E-state index is -4.91. The predicted molar refractivity (Wildman–Crippen MR) is 300 cm³/mol. The highest BCUT2D eigenvalue weighted by molar-refractivity contribution is 7.46. The van der Waals surface area contributed by atoms with E-state index in [1.807, 2.05) is 0 Å². The molecule has 3 heterocycles. The quantitative estimate of drug-likeness (QED) is 0.0116. The first kappa shape index (κ1) is 81.4. The number of aliphatic hydroxyl groups is 6. The molecule has 528 valence electrons. The summed E-state index contributed by atoms with van der Waals surface area (Å²) in [4.78, 5) is 111. The van der Waals surface area contributed by atoms with Crippen LogP contribution in [0.5, 0.6) is 0 Å². The van der Waals surface area contributed by atoms with Gasteiger partial charge in [0.25, 0.3) is 11.8 Å². The van der Waals surface area contributed by atoms with Crippen molar-refractivity contribution in [2.45, 2.75) is 74.3 Å². The van der Waals surface area contributed by atoms with Gasteiger partial charge in [0.05, 0.1) is 159 Å². The van der Waals surface area contributed by atoms with Crippen molar-refractivity contribution >= 4 is 51.1 Å². The Balaban J connectivity index is 1.26. The average Bonchev–Trinajstić information content (AvgIpc) is 1.54. The number of carbonyl (C=O) groups is 6. The number of hydrogen-bond donors (Lipinski definition) is 14. The minimum absolute atomic E-state index is 0.00829. The Hall–Kier alpha value is -3.82. The first-order valence-electron chi connectivity index (χ1n) is 28.9. The zero-order valence-electron chi connectivity index (χ0n) is 50.0. The second-order valence-electron chi connectivity index (χ2n) is 19.4. The van der Waals surface area contributed by atoms with Gasteiger partial charge in [-0.1, -0.05) is 0 Å². The van der Waals surface area contributed by atoms with Gasteiger partial charge in [-0.05, 0) is 0 Å². The lowest BCUT2D eigenvalue weighted by Crippen LogP contribution is -2.59. The van der Waals surface area contributed by atoms with Crippen molar-refractivity contribution in [3.05, 3.63) is 12.2 Å². The summed E-state index contributed by atoms with van der Waals surface area (Å²) in [6, 6.07) is 0. The van der Waals surface area contributed by atoms with Crippen LogP contribution in [0, 0.1) is 5.92 Å². The van der Waals surface area contributed by atoms with Crippen LogP contribution in [-0.4, -0.2) is 343 Å². The molecular weight excluding hydrogens is 1280 g/mol. The van der Waals surface area contributed by atoms with Crippen LogP contribution in [0.25, 0.3) is 0 Å². The van der Waals surface area contributed by atoms with Gasteiger partial charge >= 0.3 is 15.6 Å². The van der Waals surface area contributed by atoms with Crippen LogP contribution in [-0.2, 0) is 113 Å². The van der Waals surface area contributed by atoms with Crippen LogP contribution >= 0.6 is 15.6 Å². The number of nitrogens with one attached hydrogen (secondary N) is 4. The summed E-state index contributed by atoms with van der Waals surface area (Å²) in [5, 5.41) is 71.0. The van der Waals surface area contributed by atoms with E-state index in [9.17, 15) is 68.5 Å². The number of aliphatic hydroxyl groups excluding tert-OH is 6. The van der Waals surface area contributed by atoms with Crippen LogP contribution in [0.3, 0.4) is 0 Å². The summed E-state index contributed by atoms with van der Waals surface area (Å²) in [5.74, 6) is -4.80. The maximum absolute atomic E-state index is 13.3. The first-order valence-corrected chi connectivity index (χ1v) is 32.0. The third kappa shape index (κ3) is 36.6. The molecule has 39 nitrogen and oxygen atoms in total. The number of ether oxygens (including phenoxy) is 14. The number of phosphoric acid groups is 2. The van der Waals surface area contributed by atoms with Crippen molar-refractivity contribution in [2.75, 3.05) is 191 Å². The molecule has 41 heteroatoms. The van der Waals surface area contributed by atoms with Gasteiger partial charge in [0.15, 0.2) is 12.6 Å². The highest BCUT2D eigenvalue weighted by Gasteiger charge is 2.46. The van der Waals surface area contributed by atoms with Crippen molar-refractivity contribution in [1.82, 2.24) is 26.2 Å². The Morgan fingerprint density at radius 2 is 0.725 bits per heavy atom. The molecule has 6 amide bonds. The van der Waals surface area contributed by atoms with Crippen LogP contribution in [0.1, 0.15) is 12.8 Å². The van der Waals surface area contributed by atoms with Gasteiger partial charge in [0.2, 0.25) is 23.6 Å². The lowest BCUT2D eigenvalue weighted by atomic mass is 9.99. The number of carbonyl (C=O) groups excluding carboxylic acids is 6. The zero-order valence-corrected chi connectivity index (χ0v) is 51.8. The molecule has 0 bridgehead atoms. The SMILES string of the molecule is O=C(CCN1C(=O)C=CC1=O)NCCOCCOCCOCCOCCNC(=O)CC(C(=O)NCCOCCOCCOCCOC1OC(COP(=O)(O)O)C(O)C(O)C1O)C(=O)NCCOCCOCCOCCOC1OC(COP(=O)(O)O)C(O)C(O)C1O. The molecule has 0 aromatic carbocycles. The van der Waals surface area contributed by atoms with Gasteiger partial charge in [-0.2, -0.15) is 0 Å². The van der Waals surface area contributed by atoms with Gasteiger partial charge in [-0.25, -0.2) is 9.13 Å². The minimum Gasteiger partial charge on any atom is -0.387 e. The van der Waals surface area contributed by atoms with E-state index in [1.54, 1.807) is 0 Å². The Bertz CT molecular complexity index is 2090. The van der Waals surface area contributed by atoms with Crippen LogP contribution in [0.15, 0.2) is 12.2 Å². The first-order chi connectivity index (χ1) is 43.5. The predicted octanol–water partition coefficient (Wildman–Crippen LogP) is -8.19. The van der Waals surface area contributed by atoms with Gasteiger partial charge in [-0.15, -0.1) is 0 Å². The van der Waals surface area contributed by atoms with E-state index in [1.165, 1.54) is 0 Å². The van der Waals surface area contributed by atoms with Crippen LogP contribution in [0.4, 0.5) is 0 Å². The average molecular weight is 1370 g/mol. The molecule has 3 aliphatic heterocycles. The van der Waals surface area contributed by atoms with Crippen molar-refractivity contribution in [1.29, 1.82) is 0 Å². The summed E-state index contributed by atoms with van der Waals surface area (Å²) < 4.78 is 106. The Morgan fingerprint density at radius 1 is 0.429 bits per heavy atom. The maximum Gasteiger partial charge on any atom is 0.469 e. The summed E-state index contributed by atoms with van der Waals surface area (Å²) in [7, 11) is -9.82. The maximum atomic E-state index is 13.3. The molecule has 0 aliphatic carbocycles. The third-order valence-corrected chi connectivity index (χ3v) is 13.5. The van der Waals surface area contributed by atoms with E-state index in [0.29, 0.717) is 0 Å². The number of hydrogen-bond acceptors (Lipinski definition) is 30. The fourth-order valence-electron chi connectivity index (χ4n) is 7.80. The third-order valence-electron chi connectivity index (χ3n) is 12.5. The molecule has 0 spiro atoms. The Kier molecular flexibility index (Phi) is 42.2. The molecule has 10 atom stereocenters. The number of amides is 6. The van der Waals surface area contributed by atoms with Crippen molar-refractivity contribution in [3.63, 3.8) is 0 Å². The van der Waals surface area contributed by atoms with Gasteiger partial charge < -0.3 is 138 Å².